The molecular weight excluding hydrogens is 322 g/mol. The van der Waals surface area contributed by atoms with E-state index in [1.807, 2.05) is 12.1 Å². The minimum absolute atomic E-state index is 0.140. The van der Waals surface area contributed by atoms with E-state index in [2.05, 4.69) is 41.5 Å². The number of carbonyl (C=O) groups excluding carboxylic acids is 1. The molecule has 0 bridgehead atoms. The van der Waals surface area contributed by atoms with Crippen molar-refractivity contribution in [2.24, 2.45) is 17.8 Å². The molecule has 4 heteroatoms. The Kier molecular flexibility index (Phi) is 7.09. The number of likely N-dealkylation sites (tertiary alicyclic amines) is 1. The molecule has 0 aliphatic carbocycles. The van der Waals surface area contributed by atoms with E-state index in [0.717, 1.165) is 31.2 Å². The summed E-state index contributed by atoms with van der Waals surface area (Å²) in [5.74, 6) is 2.07. The number of benzene rings is 1. The van der Waals surface area contributed by atoms with Crippen LogP contribution in [0.3, 0.4) is 0 Å². The van der Waals surface area contributed by atoms with Gasteiger partial charge in [0.25, 0.3) is 0 Å². The highest BCUT2D eigenvalue weighted by Gasteiger charge is 2.22. The van der Waals surface area contributed by atoms with E-state index in [9.17, 15) is 4.79 Å². The van der Waals surface area contributed by atoms with Gasteiger partial charge in [0.1, 0.15) is 0 Å². The van der Waals surface area contributed by atoms with E-state index in [1.165, 1.54) is 44.3 Å². The van der Waals surface area contributed by atoms with Crippen molar-refractivity contribution < 1.29 is 4.79 Å². The number of nitrogens with zero attached hydrogens (tertiary/aromatic N) is 1. The van der Waals surface area contributed by atoms with Crippen LogP contribution in [0.15, 0.2) is 24.3 Å². The van der Waals surface area contributed by atoms with Crippen LogP contribution in [0.25, 0.3) is 0 Å². The van der Waals surface area contributed by atoms with Crippen LogP contribution in [0.4, 0.5) is 5.69 Å². The highest BCUT2D eigenvalue weighted by molar-refractivity contribution is 5.90. The lowest BCUT2D eigenvalue weighted by atomic mass is 9.85. The zero-order chi connectivity index (χ0) is 18.4. The van der Waals surface area contributed by atoms with Crippen LogP contribution in [-0.4, -0.2) is 37.0 Å². The van der Waals surface area contributed by atoms with Crippen molar-refractivity contribution in [1.82, 2.24) is 10.2 Å². The van der Waals surface area contributed by atoms with Crippen LogP contribution >= 0.6 is 0 Å². The first-order valence-corrected chi connectivity index (χ1v) is 10.4. The quantitative estimate of drug-likeness (QED) is 0.812. The number of hydrogen-bond donors (Lipinski definition) is 2. The molecule has 1 aromatic rings. The molecule has 0 aromatic heterocycles. The Morgan fingerprint density at radius 1 is 1.23 bits per heavy atom. The van der Waals surface area contributed by atoms with Gasteiger partial charge in [0, 0.05) is 18.7 Å². The van der Waals surface area contributed by atoms with Gasteiger partial charge < -0.3 is 10.6 Å². The molecule has 3 rings (SSSR count). The number of anilines is 1. The molecule has 2 aliphatic rings. The van der Waals surface area contributed by atoms with Crippen LogP contribution < -0.4 is 10.6 Å². The van der Waals surface area contributed by atoms with Crippen molar-refractivity contribution in [3.8, 4) is 0 Å². The number of hydrogen-bond acceptors (Lipinski definition) is 3. The predicted molar refractivity (Wildman–Crippen MR) is 108 cm³/mol. The molecule has 144 valence electrons. The van der Waals surface area contributed by atoms with Crippen LogP contribution in [0.2, 0.25) is 0 Å². The molecular formula is C22H35N3O. The van der Waals surface area contributed by atoms with Gasteiger partial charge in [0.15, 0.2) is 0 Å². The maximum Gasteiger partial charge on any atom is 0.224 e. The van der Waals surface area contributed by atoms with E-state index in [0.29, 0.717) is 18.3 Å². The second-order valence-corrected chi connectivity index (χ2v) is 8.49. The second-order valence-electron chi connectivity index (χ2n) is 8.49. The van der Waals surface area contributed by atoms with Gasteiger partial charge in [-0.2, -0.15) is 0 Å². The summed E-state index contributed by atoms with van der Waals surface area (Å²) in [4.78, 5) is 14.9. The van der Waals surface area contributed by atoms with Crippen molar-refractivity contribution in [2.75, 3.05) is 31.5 Å². The monoisotopic (exact) mass is 357 g/mol. The summed E-state index contributed by atoms with van der Waals surface area (Å²) in [6.07, 6.45) is 5.70. The first-order chi connectivity index (χ1) is 12.6. The zero-order valence-corrected chi connectivity index (χ0v) is 16.5. The fourth-order valence-electron chi connectivity index (χ4n) is 4.21. The molecule has 1 aromatic carbocycles. The Hall–Kier alpha value is -1.39. The van der Waals surface area contributed by atoms with Gasteiger partial charge in [-0.15, -0.1) is 0 Å². The molecule has 0 saturated carbocycles. The molecule has 2 fully saturated rings. The predicted octanol–water partition coefficient (Wildman–Crippen LogP) is 3.88. The van der Waals surface area contributed by atoms with Gasteiger partial charge in [0.2, 0.25) is 5.91 Å². The molecule has 2 aliphatic heterocycles. The summed E-state index contributed by atoms with van der Waals surface area (Å²) in [7, 11) is 0. The molecule has 2 N–H and O–H groups in total. The molecule has 4 nitrogen and oxygen atoms in total. The van der Waals surface area contributed by atoms with Crippen LogP contribution in [0, 0.1) is 17.8 Å². The minimum Gasteiger partial charge on any atom is -0.326 e. The molecule has 0 radical (unpaired) electrons. The topological polar surface area (TPSA) is 44.4 Å². The Morgan fingerprint density at radius 3 is 2.62 bits per heavy atom. The van der Waals surface area contributed by atoms with Gasteiger partial charge in [-0.1, -0.05) is 26.0 Å². The number of nitrogens with one attached hydrogen (secondary N) is 2. The number of piperidine rings is 2. The lowest BCUT2D eigenvalue weighted by Crippen LogP contribution is -2.34. The fourth-order valence-corrected chi connectivity index (χ4v) is 4.21. The summed E-state index contributed by atoms with van der Waals surface area (Å²) >= 11 is 0. The van der Waals surface area contributed by atoms with Crippen molar-refractivity contribution in [3.63, 3.8) is 0 Å². The number of carbonyl (C=O) groups is 1. The maximum atomic E-state index is 12.4. The third-order valence-corrected chi connectivity index (χ3v) is 6.17. The summed E-state index contributed by atoms with van der Waals surface area (Å²) in [5, 5.41) is 6.52. The van der Waals surface area contributed by atoms with Gasteiger partial charge in [-0.25, -0.2) is 0 Å². The largest absolute Gasteiger partial charge is 0.326 e. The van der Waals surface area contributed by atoms with E-state index in [1.54, 1.807) is 0 Å². The first kappa shape index (κ1) is 19.4. The first-order valence-electron chi connectivity index (χ1n) is 10.4. The van der Waals surface area contributed by atoms with E-state index >= 15 is 0 Å². The molecule has 2 unspecified atom stereocenters. The Morgan fingerprint density at radius 2 is 1.96 bits per heavy atom. The minimum atomic E-state index is 0.140. The van der Waals surface area contributed by atoms with Crippen molar-refractivity contribution in [3.05, 3.63) is 29.8 Å². The van der Waals surface area contributed by atoms with Gasteiger partial charge in [-0.05, 0) is 87.3 Å². The van der Waals surface area contributed by atoms with Gasteiger partial charge in [-0.3, -0.25) is 9.69 Å². The van der Waals surface area contributed by atoms with Crippen LogP contribution in [0.5, 0.6) is 0 Å². The average molecular weight is 358 g/mol. The number of rotatable bonds is 6. The Bertz CT molecular complexity index is 557. The van der Waals surface area contributed by atoms with Crippen molar-refractivity contribution in [1.29, 1.82) is 0 Å². The zero-order valence-electron chi connectivity index (χ0n) is 16.5. The SMILES string of the molecule is CC1CCN(Cc2ccc(NC(=O)CC(C)C3CCCNC3)cc2)CC1. The highest BCUT2D eigenvalue weighted by atomic mass is 16.1. The fraction of sp³-hybridized carbons (Fsp3) is 0.682. The van der Waals surface area contributed by atoms with E-state index in [4.69, 9.17) is 0 Å². The molecule has 2 saturated heterocycles. The Labute approximate surface area is 158 Å². The summed E-state index contributed by atoms with van der Waals surface area (Å²) in [6.45, 7) is 10.2. The third-order valence-electron chi connectivity index (χ3n) is 6.17. The normalized spacial score (nSPS) is 23.5. The molecule has 1 amide bonds. The van der Waals surface area contributed by atoms with Crippen LogP contribution in [-0.2, 0) is 11.3 Å². The van der Waals surface area contributed by atoms with E-state index < -0.39 is 0 Å². The standard InChI is InChI=1S/C22H35N3O/c1-17-9-12-25(13-10-17)16-19-5-7-21(8-6-19)24-22(26)14-18(2)20-4-3-11-23-15-20/h5-8,17-18,20,23H,3-4,9-16H2,1-2H3,(H,24,26). The van der Waals surface area contributed by atoms with Gasteiger partial charge in [0.05, 0.1) is 0 Å². The van der Waals surface area contributed by atoms with E-state index in [-0.39, 0.29) is 5.91 Å². The van der Waals surface area contributed by atoms with Crippen LogP contribution in [0.1, 0.15) is 51.5 Å². The molecule has 2 atom stereocenters. The maximum absolute atomic E-state index is 12.4. The van der Waals surface area contributed by atoms with Gasteiger partial charge >= 0.3 is 0 Å². The highest BCUT2D eigenvalue weighted by Crippen LogP contribution is 2.23. The third kappa shape index (κ3) is 5.82. The lowest BCUT2D eigenvalue weighted by molar-refractivity contribution is -0.117. The molecule has 0 spiro atoms. The number of amides is 1. The lowest BCUT2D eigenvalue weighted by Gasteiger charge is -2.30. The summed E-state index contributed by atoms with van der Waals surface area (Å²) in [6, 6.07) is 8.41. The van der Waals surface area contributed by atoms with Crippen molar-refractivity contribution >= 4 is 11.6 Å². The van der Waals surface area contributed by atoms with Crippen molar-refractivity contribution in [2.45, 2.75) is 52.5 Å². The average Bonchev–Trinajstić information content (AvgIpc) is 2.66. The summed E-state index contributed by atoms with van der Waals surface area (Å²) in [5.41, 5.74) is 2.25. The second kappa shape index (κ2) is 9.52. The molecule has 2 heterocycles. The Balaban J connectivity index is 1.43. The molecule has 26 heavy (non-hydrogen) atoms. The smallest absolute Gasteiger partial charge is 0.224 e. The summed E-state index contributed by atoms with van der Waals surface area (Å²) < 4.78 is 0.